The zero-order valence-corrected chi connectivity index (χ0v) is 13.9. The van der Waals surface area contributed by atoms with Crippen LogP contribution in [0.1, 0.15) is 0 Å². The molecule has 3 rings (SSSR count). The molecule has 4 heteroatoms. The summed E-state index contributed by atoms with van der Waals surface area (Å²) in [6.07, 6.45) is 0. The molecule has 3 aromatic rings. The van der Waals surface area contributed by atoms with Crippen molar-refractivity contribution in [2.45, 2.75) is 0 Å². The molecule has 0 atom stereocenters. The predicted molar refractivity (Wildman–Crippen MR) is 95.0 cm³/mol. The Morgan fingerprint density at radius 1 is 1.00 bits per heavy atom. The average Bonchev–Trinajstić information content (AvgIpc) is 2.47. The van der Waals surface area contributed by atoms with E-state index in [9.17, 15) is 4.79 Å². The van der Waals surface area contributed by atoms with Gasteiger partial charge in [-0.2, -0.15) is 0 Å². The van der Waals surface area contributed by atoms with Gasteiger partial charge in [0.05, 0.1) is 5.56 Å². The predicted octanol–water partition coefficient (Wildman–Crippen LogP) is 4.13. The highest BCUT2D eigenvalue weighted by Crippen LogP contribution is 2.24. The Balaban J connectivity index is 2.15. The van der Waals surface area contributed by atoms with Crippen LogP contribution in [0.4, 0.5) is 5.69 Å². The average molecular weight is 391 g/mol. The monoisotopic (exact) mass is 391 g/mol. The summed E-state index contributed by atoms with van der Waals surface area (Å²) in [6.45, 7) is 0. The number of rotatable bonds is 2. The summed E-state index contributed by atoms with van der Waals surface area (Å²) >= 11 is 2.25. The van der Waals surface area contributed by atoms with Gasteiger partial charge in [-0.15, -0.1) is 0 Å². The van der Waals surface area contributed by atoms with E-state index in [4.69, 9.17) is 4.42 Å². The molecular weight excluding hydrogens is 377 g/mol. The van der Waals surface area contributed by atoms with E-state index in [0.717, 1.165) is 20.2 Å². The second-order valence-corrected chi connectivity index (χ2v) is 6.32. The van der Waals surface area contributed by atoms with Crippen LogP contribution in [0.2, 0.25) is 0 Å². The van der Waals surface area contributed by atoms with Crippen LogP contribution >= 0.6 is 22.6 Å². The largest absolute Gasteiger partial charge is 0.422 e. The highest BCUT2D eigenvalue weighted by Gasteiger charge is 2.08. The number of nitrogens with zero attached hydrogens (tertiary/aromatic N) is 1. The zero-order chi connectivity index (χ0) is 15.0. The first-order chi connectivity index (χ1) is 10.0. The quantitative estimate of drug-likeness (QED) is 0.487. The summed E-state index contributed by atoms with van der Waals surface area (Å²) in [5, 5.41) is 0.938. The molecule has 0 aliphatic carbocycles. The fourth-order valence-electron chi connectivity index (χ4n) is 2.23. The first-order valence-electron chi connectivity index (χ1n) is 6.56. The van der Waals surface area contributed by atoms with Gasteiger partial charge >= 0.3 is 5.63 Å². The highest BCUT2D eigenvalue weighted by molar-refractivity contribution is 14.1. The van der Waals surface area contributed by atoms with Crippen molar-refractivity contribution in [2.75, 3.05) is 19.0 Å². The van der Waals surface area contributed by atoms with Gasteiger partial charge in [-0.25, -0.2) is 4.79 Å². The molecule has 0 amide bonds. The number of anilines is 1. The Bertz CT molecular complexity index is 851. The van der Waals surface area contributed by atoms with Crippen molar-refractivity contribution in [3.8, 4) is 11.1 Å². The van der Waals surface area contributed by atoms with Crippen LogP contribution in [0.3, 0.4) is 0 Å². The van der Waals surface area contributed by atoms with Crippen LogP contribution in [0.15, 0.2) is 57.7 Å². The van der Waals surface area contributed by atoms with Crippen molar-refractivity contribution in [1.82, 2.24) is 0 Å². The van der Waals surface area contributed by atoms with Crippen LogP contribution in [-0.2, 0) is 0 Å². The van der Waals surface area contributed by atoms with E-state index < -0.39 is 0 Å². The third-order valence-corrected chi connectivity index (χ3v) is 4.06. The summed E-state index contributed by atoms with van der Waals surface area (Å²) in [5.74, 6) is 0. The van der Waals surface area contributed by atoms with Crippen LogP contribution in [0, 0.1) is 3.57 Å². The molecule has 0 saturated carbocycles. The zero-order valence-electron chi connectivity index (χ0n) is 11.8. The van der Waals surface area contributed by atoms with Gasteiger partial charge in [-0.3, -0.25) is 0 Å². The molecule has 1 heterocycles. The van der Waals surface area contributed by atoms with Gasteiger partial charge in [0, 0.05) is 28.7 Å². The highest BCUT2D eigenvalue weighted by atomic mass is 127. The second-order valence-electron chi connectivity index (χ2n) is 5.07. The fraction of sp³-hybridized carbons (Fsp3) is 0.118. The number of hydrogen-bond donors (Lipinski definition) is 0. The van der Waals surface area contributed by atoms with E-state index in [1.807, 2.05) is 67.5 Å². The summed E-state index contributed by atoms with van der Waals surface area (Å²) in [7, 11) is 3.97. The minimum Gasteiger partial charge on any atom is -0.422 e. The second kappa shape index (κ2) is 5.52. The van der Waals surface area contributed by atoms with Crippen LogP contribution < -0.4 is 10.5 Å². The van der Waals surface area contributed by atoms with Gasteiger partial charge in [0.2, 0.25) is 0 Å². The molecule has 0 N–H and O–H groups in total. The van der Waals surface area contributed by atoms with Crippen molar-refractivity contribution in [3.63, 3.8) is 0 Å². The fourth-order valence-corrected chi connectivity index (χ4v) is 2.75. The number of halogens is 1. The first-order valence-corrected chi connectivity index (χ1v) is 7.63. The number of fused-ring (bicyclic) bond motifs is 1. The lowest BCUT2D eigenvalue weighted by atomic mass is 10.1. The SMILES string of the molecule is CN(C)c1ccc(-c2cc3cc(I)ccc3oc2=O)cc1. The first kappa shape index (κ1) is 14.1. The van der Waals surface area contributed by atoms with Crippen molar-refractivity contribution in [3.05, 3.63) is 62.5 Å². The van der Waals surface area contributed by atoms with E-state index in [1.165, 1.54) is 0 Å². The van der Waals surface area contributed by atoms with Crippen LogP contribution in [0.5, 0.6) is 0 Å². The number of benzene rings is 2. The summed E-state index contributed by atoms with van der Waals surface area (Å²) in [5.41, 5.74) is 2.87. The smallest absolute Gasteiger partial charge is 0.344 e. The van der Waals surface area contributed by atoms with E-state index in [1.54, 1.807) is 0 Å². The van der Waals surface area contributed by atoms with Crippen LogP contribution in [-0.4, -0.2) is 14.1 Å². The maximum atomic E-state index is 12.2. The third-order valence-electron chi connectivity index (χ3n) is 3.39. The molecule has 0 saturated heterocycles. The Hall–Kier alpha value is -1.82. The molecule has 0 fully saturated rings. The van der Waals surface area contributed by atoms with E-state index in [0.29, 0.717) is 11.1 Å². The molecular formula is C17H14INO2. The molecule has 1 aromatic heterocycles. The van der Waals surface area contributed by atoms with Gasteiger partial charge < -0.3 is 9.32 Å². The van der Waals surface area contributed by atoms with E-state index >= 15 is 0 Å². The molecule has 0 radical (unpaired) electrons. The molecule has 0 aliphatic heterocycles. The molecule has 0 bridgehead atoms. The van der Waals surface area contributed by atoms with Gasteiger partial charge in [-0.05, 0) is 64.6 Å². The molecule has 21 heavy (non-hydrogen) atoms. The molecule has 3 nitrogen and oxygen atoms in total. The Morgan fingerprint density at radius 3 is 2.38 bits per heavy atom. The maximum absolute atomic E-state index is 12.2. The summed E-state index contributed by atoms with van der Waals surface area (Å²) in [6, 6.07) is 15.5. The lowest BCUT2D eigenvalue weighted by molar-refractivity contribution is 0.563. The van der Waals surface area contributed by atoms with Gasteiger partial charge in [0.25, 0.3) is 0 Å². The van der Waals surface area contributed by atoms with E-state index in [-0.39, 0.29) is 5.63 Å². The standard InChI is InChI=1S/C17H14INO2/c1-19(2)14-6-3-11(4-7-14)15-10-12-9-13(18)5-8-16(12)21-17(15)20/h3-10H,1-2H3. The lowest BCUT2D eigenvalue weighted by Crippen LogP contribution is -2.08. The topological polar surface area (TPSA) is 33.5 Å². The Morgan fingerprint density at radius 2 is 1.71 bits per heavy atom. The van der Waals surface area contributed by atoms with Gasteiger partial charge in [-0.1, -0.05) is 12.1 Å². The van der Waals surface area contributed by atoms with Crippen molar-refractivity contribution < 1.29 is 4.42 Å². The number of hydrogen-bond acceptors (Lipinski definition) is 3. The van der Waals surface area contributed by atoms with Crippen molar-refractivity contribution in [2.24, 2.45) is 0 Å². The normalized spacial score (nSPS) is 10.8. The van der Waals surface area contributed by atoms with E-state index in [2.05, 4.69) is 22.6 Å². The van der Waals surface area contributed by atoms with Gasteiger partial charge in [0.15, 0.2) is 0 Å². The third kappa shape index (κ3) is 2.81. The molecule has 2 aromatic carbocycles. The lowest BCUT2D eigenvalue weighted by Gasteiger charge is -2.12. The van der Waals surface area contributed by atoms with Gasteiger partial charge in [0.1, 0.15) is 5.58 Å². The van der Waals surface area contributed by atoms with Crippen molar-refractivity contribution >= 4 is 39.2 Å². The van der Waals surface area contributed by atoms with Crippen molar-refractivity contribution in [1.29, 1.82) is 0 Å². The molecule has 0 aliphatic rings. The Kier molecular flexibility index (Phi) is 3.71. The molecule has 0 unspecified atom stereocenters. The minimum absolute atomic E-state index is 0.304. The minimum atomic E-state index is -0.304. The molecule has 106 valence electrons. The Labute approximate surface area is 136 Å². The van der Waals surface area contributed by atoms with Crippen LogP contribution in [0.25, 0.3) is 22.1 Å². The maximum Gasteiger partial charge on any atom is 0.344 e. The summed E-state index contributed by atoms with van der Waals surface area (Å²) in [4.78, 5) is 14.2. The summed E-state index contributed by atoms with van der Waals surface area (Å²) < 4.78 is 6.52. The molecule has 0 spiro atoms.